The summed E-state index contributed by atoms with van der Waals surface area (Å²) in [6, 6.07) is 7.24. The summed E-state index contributed by atoms with van der Waals surface area (Å²) in [5.74, 6) is 0.732. The van der Waals surface area contributed by atoms with Crippen LogP contribution in [0.4, 0.5) is 0 Å². The molecule has 21 heavy (non-hydrogen) atoms. The highest BCUT2D eigenvalue weighted by atomic mass is 16.5. The van der Waals surface area contributed by atoms with Gasteiger partial charge in [-0.1, -0.05) is 0 Å². The Morgan fingerprint density at radius 3 is 2.76 bits per heavy atom. The largest absolute Gasteiger partial charge is 0.491 e. The molecule has 5 nitrogen and oxygen atoms in total. The highest BCUT2D eigenvalue weighted by Gasteiger charge is 2.17. The summed E-state index contributed by atoms with van der Waals surface area (Å²) < 4.78 is 11.2. The smallest absolute Gasteiger partial charge is 0.253 e. The lowest BCUT2D eigenvalue weighted by molar-refractivity contribution is 0.0678. The molecule has 1 aliphatic rings. The van der Waals surface area contributed by atoms with Crippen molar-refractivity contribution in [3.05, 3.63) is 29.8 Å². The molecular weight excluding hydrogens is 268 g/mol. The van der Waals surface area contributed by atoms with E-state index in [1.807, 2.05) is 19.1 Å². The van der Waals surface area contributed by atoms with Crippen LogP contribution < -0.4 is 10.5 Å². The van der Waals surface area contributed by atoms with Crippen LogP contribution >= 0.6 is 0 Å². The van der Waals surface area contributed by atoms with Crippen molar-refractivity contribution in [2.75, 3.05) is 26.8 Å². The molecular formula is C16H24N2O3. The average molecular weight is 292 g/mol. The minimum Gasteiger partial charge on any atom is -0.491 e. The Bertz CT molecular complexity index is 455. The molecule has 1 saturated heterocycles. The molecule has 5 heteroatoms. The molecule has 0 bridgehead atoms. The molecule has 0 spiro atoms. The number of carbonyl (C=O) groups excluding carboxylic acids is 1. The Kier molecular flexibility index (Phi) is 5.59. The van der Waals surface area contributed by atoms with Crippen LogP contribution in [0.1, 0.15) is 30.1 Å². The SMILES string of the molecule is CC(CN)N(C)C(=O)c1ccc(OCC2CCCO2)cc1. The number of rotatable bonds is 6. The van der Waals surface area contributed by atoms with Crippen molar-refractivity contribution in [3.63, 3.8) is 0 Å². The fourth-order valence-corrected chi connectivity index (χ4v) is 2.22. The Morgan fingerprint density at radius 1 is 1.48 bits per heavy atom. The molecule has 2 rings (SSSR count). The molecule has 0 aromatic heterocycles. The van der Waals surface area contributed by atoms with Crippen LogP contribution in [-0.4, -0.2) is 49.8 Å². The molecule has 0 aliphatic carbocycles. The lowest BCUT2D eigenvalue weighted by Crippen LogP contribution is -2.39. The first kappa shape index (κ1) is 15.8. The van der Waals surface area contributed by atoms with Crippen molar-refractivity contribution >= 4 is 5.91 Å². The van der Waals surface area contributed by atoms with Crippen molar-refractivity contribution in [1.29, 1.82) is 0 Å². The summed E-state index contributed by atoms with van der Waals surface area (Å²) in [6.45, 7) is 3.77. The summed E-state index contributed by atoms with van der Waals surface area (Å²) in [7, 11) is 1.77. The number of carbonyl (C=O) groups is 1. The summed E-state index contributed by atoms with van der Waals surface area (Å²) in [5, 5.41) is 0. The lowest BCUT2D eigenvalue weighted by Gasteiger charge is -2.23. The van der Waals surface area contributed by atoms with E-state index in [1.54, 1.807) is 24.1 Å². The summed E-state index contributed by atoms with van der Waals surface area (Å²) in [4.78, 5) is 13.9. The Labute approximate surface area is 126 Å². The molecule has 0 saturated carbocycles. The van der Waals surface area contributed by atoms with Crippen LogP contribution in [0.5, 0.6) is 5.75 Å². The molecule has 1 heterocycles. The Hall–Kier alpha value is -1.59. The lowest BCUT2D eigenvalue weighted by atomic mass is 10.1. The number of likely N-dealkylation sites (N-methyl/N-ethyl adjacent to an activating group) is 1. The second-order valence-corrected chi connectivity index (χ2v) is 5.47. The first-order valence-corrected chi connectivity index (χ1v) is 7.43. The van der Waals surface area contributed by atoms with E-state index >= 15 is 0 Å². The van der Waals surface area contributed by atoms with Crippen LogP contribution in [0.3, 0.4) is 0 Å². The quantitative estimate of drug-likeness (QED) is 0.866. The van der Waals surface area contributed by atoms with Crippen molar-refractivity contribution in [1.82, 2.24) is 4.90 Å². The van der Waals surface area contributed by atoms with E-state index in [4.69, 9.17) is 15.2 Å². The second kappa shape index (κ2) is 7.43. The fourth-order valence-electron chi connectivity index (χ4n) is 2.22. The van der Waals surface area contributed by atoms with E-state index in [9.17, 15) is 4.79 Å². The highest BCUT2D eigenvalue weighted by Crippen LogP contribution is 2.17. The summed E-state index contributed by atoms with van der Waals surface area (Å²) in [5.41, 5.74) is 6.23. The van der Waals surface area contributed by atoms with Crippen LogP contribution in [0.2, 0.25) is 0 Å². The van der Waals surface area contributed by atoms with Gasteiger partial charge in [-0.15, -0.1) is 0 Å². The molecule has 1 aromatic rings. The highest BCUT2D eigenvalue weighted by molar-refractivity contribution is 5.94. The van der Waals surface area contributed by atoms with Gasteiger partial charge in [0.15, 0.2) is 0 Å². The van der Waals surface area contributed by atoms with Crippen molar-refractivity contribution in [3.8, 4) is 5.75 Å². The van der Waals surface area contributed by atoms with E-state index < -0.39 is 0 Å². The van der Waals surface area contributed by atoms with Crippen LogP contribution in [0.15, 0.2) is 24.3 Å². The minimum absolute atomic E-state index is 0.0212. The maximum atomic E-state index is 12.2. The third-order valence-electron chi connectivity index (χ3n) is 3.88. The predicted molar refractivity (Wildman–Crippen MR) is 81.5 cm³/mol. The van der Waals surface area contributed by atoms with Gasteiger partial charge in [-0.2, -0.15) is 0 Å². The zero-order valence-corrected chi connectivity index (χ0v) is 12.7. The number of nitrogens with two attached hydrogens (primary N) is 1. The van der Waals surface area contributed by atoms with E-state index in [2.05, 4.69) is 0 Å². The predicted octanol–water partition coefficient (Wildman–Crippen LogP) is 1.66. The van der Waals surface area contributed by atoms with Crippen molar-refractivity contribution in [2.45, 2.75) is 31.9 Å². The Morgan fingerprint density at radius 2 is 2.19 bits per heavy atom. The molecule has 1 aliphatic heterocycles. The van der Waals surface area contributed by atoms with E-state index in [0.717, 1.165) is 25.2 Å². The molecule has 1 fully saturated rings. The Balaban J connectivity index is 1.90. The monoisotopic (exact) mass is 292 g/mol. The normalized spacial score (nSPS) is 19.3. The zero-order chi connectivity index (χ0) is 15.2. The van der Waals surface area contributed by atoms with E-state index in [1.165, 1.54) is 0 Å². The summed E-state index contributed by atoms with van der Waals surface area (Å²) >= 11 is 0. The molecule has 2 atom stereocenters. The van der Waals surface area contributed by atoms with Crippen molar-refractivity contribution in [2.24, 2.45) is 5.73 Å². The molecule has 2 unspecified atom stereocenters. The number of benzene rings is 1. The molecule has 1 aromatic carbocycles. The van der Waals surface area contributed by atoms with Gasteiger partial charge in [-0.05, 0) is 44.0 Å². The number of ether oxygens (including phenoxy) is 2. The van der Waals surface area contributed by atoms with Gasteiger partial charge < -0.3 is 20.1 Å². The topological polar surface area (TPSA) is 64.8 Å². The van der Waals surface area contributed by atoms with Gasteiger partial charge in [-0.25, -0.2) is 0 Å². The maximum Gasteiger partial charge on any atom is 0.253 e. The van der Waals surface area contributed by atoms with E-state index in [-0.39, 0.29) is 18.1 Å². The first-order chi connectivity index (χ1) is 10.1. The van der Waals surface area contributed by atoms with Gasteiger partial charge in [0.25, 0.3) is 5.91 Å². The molecule has 2 N–H and O–H groups in total. The van der Waals surface area contributed by atoms with Gasteiger partial charge in [0.05, 0.1) is 6.10 Å². The van der Waals surface area contributed by atoms with Crippen LogP contribution in [-0.2, 0) is 4.74 Å². The summed E-state index contributed by atoms with van der Waals surface area (Å²) in [6.07, 6.45) is 2.36. The number of hydrogen-bond donors (Lipinski definition) is 1. The number of nitrogens with zero attached hydrogens (tertiary/aromatic N) is 1. The zero-order valence-electron chi connectivity index (χ0n) is 12.7. The standard InChI is InChI=1S/C16H24N2O3/c1-12(10-17)18(2)16(19)13-5-7-14(8-6-13)21-11-15-4-3-9-20-15/h5-8,12,15H,3-4,9-11,17H2,1-2H3. The van der Waals surface area contributed by atoms with Gasteiger partial charge in [0.2, 0.25) is 0 Å². The van der Waals surface area contributed by atoms with Crippen LogP contribution in [0.25, 0.3) is 0 Å². The second-order valence-electron chi connectivity index (χ2n) is 5.47. The molecule has 0 radical (unpaired) electrons. The first-order valence-electron chi connectivity index (χ1n) is 7.43. The molecule has 1 amide bonds. The molecule has 116 valence electrons. The van der Waals surface area contributed by atoms with Gasteiger partial charge >= 0.3 is 0 Å². The third kappa shape index (κ3) is 4.19. The maximum absolute atomic E-state index is 12.2. The van der Waals surface area contributed by atoms with E-state index in [0.29, 0.717) is 18.7 Å². The van der Waals surface area contributed by atoms with Gasteiger partial charge in [0.1, 0.15) is 12.4 Å². The van der Waals surface area contributed by atoms with Crippen molar-refractivity contribution < 1.29 is 14.3 Å². The number of hydrogen-bond acceptors (Lipinski definition) is 4. The van der Waals surface area contributed by atoms with Gasteiger partial charge in [0, 0.05) is 31.8 Å². The van der Waals surface area contributed by atoms with Gasteiger partial charge in [-0.3, -0.25) is 4.79 Å². The fraction of sp³-hybridized carbons (Fsp3) is 0.562. The van der Waals surface area contributed by atoms with Crippen LogP contribution in [0, 0.1) is 0 Å². The average Bonchev–Trinajstić information content (AvgIpc) is 3.04. The minimum atomic E-state index is -0.0290. The third-order valence-corrected chi connectivity index (χ3v) is 3.88. The number of amides is 1.